The maximum atomic E-state index is 12.2. The fourth-order valence-electron chi connectivity index (χ4n) is 3.05. The molecule has 1 heterocycles. The van der Waals surface area contributed by atoms with E-state index in [1.807, 2.05) is 72.8 Å². The van der Waals surface area contributed by atoms with Crippen molar-refractivity contribution in [3.05, 3.63) is 95.2 Å². The van der Waals surface area contributed by atoms with Gasteiger partial charge in [-0.1, -0.05) is 66.2 Å². The molecule has 0 saturated heterocycles. The number of nitrogens with one attached hydrogen (secondary N) is 1. The van der Waals surface area contributed by atoms with E-state index in [0.717, 1.165) is 21.9 Å². The Labute approximate surface area is 167 Å². The van der Waals surface area contributed by atoms with Gasteiger partial charge in [-0.05, 0) is 40.6 Å². The fraction of sp³-hybridized carbons (Fsp3) is 0.0435. The largest absolute Gasteiger partial charge is 0.455 e. The van der Waals surface area contributed by atoms with Gasteiger partial charge in [0.2, 0.25) is 5.91 Å². The quantitative estimate of drug-likeness (QED) is 0.365. The molecule has 4 rings (SSSR count). The summed E-state index contributed by atoms with van der Waals surface area (Å²) in [6.07, 6.45) is 1.74. The highest BCUT2D eigenvalue weighted by molar-refractivity contribution is 6.30. The van der Waals surface area contributed by atoms with Crippen LogP contribution in [0.15, 0.2) is 88.4 Å². The Balaban J connectivity index is 1.40. The highest BCUT2D eigenvalue weighted by Crippen LogP contribution is 2.24. The number of nitrogens with zero attached hydrogens (tertiary/aromatic N) is 1. The molecule has 0 aliphatic carbocycles. The Bertz CT molecular complexity index is 1160. The molecule has 5 heteroatoms. The van der Waals surface area contributed by atoms with Crippen molar-refractivity contribution in [2.45, 2.75) is 6.42 Å². The molecule has 138 valence electrons. The van der Waals surface area contributed by atoms with Crippen LogP contribution in [-0.2, 0) is 11.2 Å². The molecule has 0 spiro atoms. The van der Waals surface area contributed by atoms with E-state index in [2.05, 4.69) is 10.5 Å². The average Bonchev–Trinajstić information content (AvgIpc) is 3.17. The fourth-order valence-corrected chi connectivity index (χ4v) is 3.24. The summed E-state index contributed by atoms with van der Waals surface area (Å²) in [6, 6.07) is 25.0. The van der Waals surface area contributed by atoms with Gasteiger partial charge in [-0.3, -0.25) is 4.79 Å². The van der Waals surface area contributed by atoms with Gasteiger partial charge in [0.05, 0.1) is 12.6 Å². The van der Waals surface area contributed by atoms with Gasteiger partial charge in [-0.25, -0.2) is 5.43 Å². The second kappa shape index (κ2) is 8.11. The van der Waals surface area contributed by atoms with Crippen LogP contribution >= 0.6 is 11.6 Å². The number of fused-ring (bicyclic) bond motifs is 1. The molecule has 4 aromatic rings. The van der Waals surface area contributed by atoms with Crippen molar-refractivity contribution in [3.8, 4) is 11.3 Å². The standard InChI is InChI=1S/C23H17ClN2O2/c24-19-9-4-8-18(13-19)22-12-11-20(28-22)15-25-26-23(27)14-17-7-3-6-16-5-1-2-10-21(16)17/h1-13,15H,14H2,(H,26,27). The van der Waals surface area contributed by atoms with E-state index in [9.17, 15) is 4.79 Å². The molecular formula is C23H17ClN2O2. The minimum Gasteiger partial charge on any atom is -0.455 e. The van der Waals surface area contributed by atoms with Crippen molar-refractivity contribution < 1.29 is 9.21 Å². The molecule has 0 bridgehead atoms. The van der Waals surface area contributed by atoms with Crippen LogP contribution in [0.5, 0.6) is 0 Å². The number of amides is 1. The van der Waals surface area contributed by atoms with Crippen LogP contribution in [0.3, 0.4) is 0 Å². The van der Waals surface area contributed by atoms with E-state index in [1.165, 1.54) is 6.21 Å². The second-order valence-electron chi connectivity index (χ2n) is 6.32. The highest BCUT2D eigenvalue weighted by atomic mass is 35.5. The zero-order chi connectivity index (χ0) is 19.3. The van der Waals surface area contributed by atoms with Crippen LogP contribution < -0.4 is 5.43 Å². The zero-order valence-electron chi connectivity index (χ0n) is 14.9. The molecule has 1 amide bonds. The number of carbonyl (C=O) groups excluding carboxylic acids is 1. The Morgan fingerprint density at radius 3 is 2.71 bits per heavy atom. The Morgan fingerprint density at radius 2 is 1.82 bits per heavy atom. The Morgan fingerprint density at radius 1 is 1.00 bits per heavy atom. The molecule has 1 aromatic heterocycles. The number of carbonyl (C=O) groups is 1. The lowest BCUT2D eigenvalue weighted by Crippen LogP contribution is -2.19. The van der Waals surface area contributed by atoms with Crippen LogP contribution in [0.25, 0.3) is 22.1 Å². The number of benzene rings is 3. The lowest BCUT2D eigenvalue weighted by atomic mass is 10.0. The Kier molecular flexibility index (Phi) is 5.22. The van der Waals surface area contributed by atoms with Crippen LogP contribution in [0.4, 0.5) is 0 Å². The summed E-state index contributed by atoms with van der Waals surface area (Å²) in [5.74, 6) is 1.04. The molecule has 0 radical (unpaired) electrons. The van der Waals surface area contributed by atoms with E-state index < -0.39 is 0 Å². The van der Waals surface area contributed by atoms with Gasteiger partial charge < -0.3 is 4.42 Å². The van der Waals surface area contributed by atoms with Crippen LogP contribution in [0, 0.1) is 0 Å². The summed E-state index contributed by atoms with van der Waals surface area (Å²) in [5, 5.41) is 6.82. The van der Waals surface area contributed by atoms with Gasteiger partial charge in [0.15, 0.2) is 0 Å². The first-order valence-electron chi connectivity index (χ1n) is 8.83. The monoisotopic (exact) mass is 388 g/mol. The summed E-state index contributed by atoms with van der Waals surface area (Å²) >= 11 is 6.01. The molecular weight excluding hydrogens is 372 g/mol. The summed E-state index contributed by atoms with van der Waals surface area (Å²) in [4.78, 5) is 12.2. The van der Waals surface area contributed by atoms with Crippen molar-refractivity contribution in [3.63, 3.8) is 0 Å². The van der Waals surface area contributed by atoms with E-state index in [-0.39, 0.29) is 12.3 Å². The molecule has 0 aliphatic rings. The summed E-state index contributed by atoms with van der Waals surface area (Å²) in [6.45, 7) is 0. The minimum atomic E-state index is -0.186. The van der Waals surface area contributed by atoms with E-state index in [4.69, 9.17) is 16.0 Å². The number of hydrazone groups is 1. The smallest absolute Gasteiger partial charge is 0.244 e. The predicted molar refractivity (Wildman–Crippen MR) is 113 cm³/mol. The molecule has 1 N–H and O–H groups in total. The number of furan rings is 1. The van der Waals surface area contributed by atoms with Crippen molar-refractivity contribution in [1.82, 2.24) is 5.43 Å². The lowest BCUT2D eigenvalue weighted by molar-refractivity contribution is -0.120. The minimum absolute atomic E-state index is 0.186. The molecule has 0 saturated carbocycles. The molecule has 28 heavy (non-hydrogen) atoms. The number of hydrogen-bond donors (Lipinski definition) is 1. The summed E-state index contributed by atoms with van der Waals surface area (Å²) < 4.78 is 5.72. The maximum Gasteiger partial charge on any atom is 0.244 e. The normalized spacial score (nSPS) is 11.2. The molecule has 0 fully saturated rings. The van der Waals surface area contributed by atoms with Crippen molar-refractivity contribution in [1.29, 1.82) is 0 Å². The molecule has 0 aliphatic heterocycles. The number of halogens is 1. The lowest BCUT2D eigenvalue weighted by Gasteiger charge is -2.05. The second-order valence-corrected chi connectivity index (χ2v) is 6.76. The van der Waals surface area contributed by atoms with Crippen LogP contribution in [-0.4, -0.2) is 12.1 Å². The third kappa shape index (κ3) is 4.13. The molecule has 4 nitrogen and oxygen atoms in total. The van der Waals surface area contributed by atoms with Crippen molar-refractivity contribution in [2.75, 3.05) is 0 Å². The van der Waals surface area contributed by atoms with E-state index >= 15 is 0 Å². The average molecular weight is 389 g/mol. The summed E-state index contributed by atoms with van der Waals surface area (Å²) in [5.41, 5.74) is 4.40. The SMILES string of the molecule is O=C(Cc1cccc2ccccc12)NN=Cc1ccc(-c2cccc(Cl)c2)o1. The van der Waals surface area contributed by atoms with Crippen LogP contribution in [0.2, 0.25) is 5.02 Å². The van der Waals surface area contributed by atoms with Gasteiger partial charge >= 0.3 is 0 Å². The summed E-state index contributed by atoms with van der Waals surface area (Å²) in [7, 11) is 0. The third-order valence-corrected chi connectivity index (χ3v) is 4.58. The van der Waals surface area contributed by atoms with Gasteiger partial charge in [0, 0.05) is 10.6 Å². The van der Waals surface area contributed by atoms with E-state index in [1.54, 1.807) is 6.07 Å². The number of hydrogen-bond acceptors (Lipinski definition) is 3. The van der Waals surface area contributed by atoms with Gasteiger partial charge in [-0.15, -0.1) is 0 Å². The van der Waals surface area contributed by atoms with Crippen molar-refractivity contribution >= 4 is 34.5 Å². The third-order valence-electron chi connectivity index (χ3n) is 4.35. The molecule has 0 atom stereocenters. The first-order valence-corrected chi connectivity index (χ1v) is 9.21. The predicted octanol–water partition coefficient (Wildman–Crippen LogP) is 5.45. The number of rotatable bonds is 5. The van der Waals surface area contributed by atoms with E-state index in [0.29, 0.717) is 16.5 Å². The highest BCUT2D eigenvalue weighted by Gasteiger charge is 2.07. The maximum absolute atomic E-state index is 12.2. The first kappa shape index (κ1) is 18.0. The molecule has 3 aromatic carbocycles. The Hall–Kier alpha value is -3.37. The van der Waals surface area contributed by atoms with Gasteiger partial charge in [-0.2, -0.15) is 5.10 Å². The van der Waals surface area contributed by atoms with Crippen molar-refractivity contribution in [2.24, 2.45) is 5.10 Å². The topological polar surface area (TPSA) is 54.6 Å². The zero-order valence-corrected chi connectivity index (χ0v) is 15.7. The van der Waals surface area contributed by atoms with Crippen LogP contribution in [0.1, 0.15) is 11.3 Å². The van der Waals surface area contributed by atoms with Gasteiger partial charge in [0.25, 0.3) is 0 Å². The first-order chi connectivity index (χ1) is 13.7. The van der Waals surface area contributed by atoms with Gasteiger partial charge in [0.1, 0.15) is 11.5 Å². The molecule has 0 unspecified atom stereocenters.